The van der Waals surface area contributed by atoms with Crippen molar-refractivity contribution >= 4 is 5.78 Å². The highest BCUT2D eigenvalue weighted by molar-refractivity contribution is 5.87. The van der Waals surface area contributed by atoms with Gasteiger partial charge in [0, 0.05) is 19.5 Å². The molecule has 0 spiro atoms. The van der Waals surface area contributed by atoms with Crippen molar-refractivity contribution in [1.82, 2.24) is 4.90 Å². The minimum atomic E-state index is 0.198. The highest BCUT2D eigenvalue weighted by atomic mass is 16.5. The average molecular weight is 223 g/mol. The van der Waals surface area contributed by atoms with Gasteiger partial charge < -0.3 is 4.74 Å². The van der Waals surface area contributed by atoms with Crippen LogP contribution in [0.2, 0.25) is 0 Å². The maximum atomic E-state index is 12.1. The van der Waals surface area contributed by atoms with Crippen molar-refractivity contribution < 1.29 is 9.53 Å². The molecule has 3 nitrogen and oxygen atoms in total. The largest absolute Gasteiger partial charge is 0.379 e. The number of Topliss-reactive ketones (excluding diaryl/α,β-unsaturated/α-hetero) is 1. The number of ketones is 1. The molecule has 90 valence electrons. The van der Waals surface area contributed by atoms with Crippen molar-refractivity contribution in [3.8, 4) is 0 Å². The molecule has 2 bridgehead atoms. The number of carbonyl (C=O) groups excluding carboxylic acids is 1. The van der Waals surface area contributed by atoms with E-state index in [1.165, 1.54) is 6.42 Å². The van der Waals surface area contributed by atoms with Gasteiger partial charge in [-0.05, 0) is 23.7 Å². The molecular formula is C13H21NO2. The van der Waals surface area contributed by atoms with Gasteiger partial charge in [-0.25, -0.2) is 0 Å². The first kappa shape index (κ1) is 10.7. The van der Waals surface area contributed by atoms with E-state index in [-0.39, 0.29) is 6.04 Å². The molecule has 16 heavy (non-hydrogen) atoms. The topological polar surface area (TPSA) is 29.5 Å². The normalized spacial score (nSPS) is 42.9. The van der Waals surface area contributed by atoms with Crippen molar-refractivity contribution in [1.29, 1.82) is 0 Å². The molecule has 3 saturated carbocycles. The monoisotopic (exact) mass is 223 g/mol. The van der Waals surface area contributed by atoms with Crippen LogP contribution in [0.4, 0.5) is 0 Å². The Morgan fingerprint density at radius 1 is 1.31 bits per heavy atom. The second-order valence-electron chi connectivity index (χ2n) is 6.12. The molecule has 0 aromatic heterocycles. The fraction of sp³-hybridized carbons (Fsp3) is 0.923. The molecule has 3 heteroatoms. The summed E-state index contributed by atoms with van der Waals surface area (Å²) >= 11 is 0. The molecule has 3 aliphatic carbocycles. The van der Waals surface area contributed by atoms with Gasteiger partial charge in [0.05, 0.1) is 19.3 Å². The third-order valence-electron chi connectivity index (χ3n) is 5.14. The summed E-state index contributed by atoms with van der Waals surface area (Å²) in [6, 6.07) is 0.198. The lowest BCUT2D eigenvalue weighted by Crippen LogP contribution is -2.65. The van der Waals surface area contributed by atoms with Crippen molar-refractivity contribution in [2.75, 3.05) is 26.3 Å². The molecule has 4 fully saturated rings. The predicted octanol–water partition coefficient (Wildman–Crippen LogP) is 1.32. The minimum absolute atomic E-state index is 0.198. The Labute approximate surface area is 97.1 Å². The molecule has 1 saturated heterocycles. The number of nitrogens with zero attached hydrogens (tertiary/aromatic N) is 1. The van der Waals surface area contributed by atoms with Crippen molar-refractivity contribution in [3.05, 3.63) is 0 Å². The van der Waals surface area contributed by atoms with E-state index in [2.05, 4.69) is 18.7 Å². The number of ether oxygens (including phenoxy) is 1. The van der Waals surface area contributed by atoms with Gasteiger partial charge in [-0.15, -0.1) is 0 Å². The van der Waals surface area contributed by atoms with Crippen LogP contribution in [0.1, 0.15) is 26.7 Å². The summed E-state index contributed by atoms with van der Waals surface area (Å²) in [6.07, 6.45) is 2.08. The van der Waals surface area contributed by atoms with Crippen molar-refractivity contribution in [3.63, 3.8) is 0 Å². The van der Waals surface area contributed by atoms with Crippen LogP contribution in [-0.4, -0.2) is 43.0 Å². The minimum Gasteiger partial charge on any atom is -0.379 e. The molecule has 0 aromatic rings. The Bertz CT molecular complexity index is 307. The molecule has 4 rings (SSSR count). The van der Waals surface area contributed by atoms with Gasteiger partial charge in [0.2, 0.25) is 0 Å². The van der Waals surface area contributed by atoms with Gasteiger partial charge in [-0.3, -0.25) is 9.69 Å². The highest BCUT2D eigenvalue weighted by Crippen LogP contribution is 2.59. The fourth-order valence-corrected chi connectivity index (χ4v) is 3.84. The van der Waals surface area contributed by atoms with E-state index in [0.717, 1.165) is 32.7 Å². The smallest absolute Gasteiger partial charge is 0.150 e. The highest BCUT2D eigenvalue weighted by Gasteiger charge is 2.58. The molecule has 0 aromatic carbocycles. The summed E-state index contributed by atoms with van der Waals surface area (Å²) in [4.78, 5) is 14.5. The molecule has 1 heterocycles. The summed E-state index contributed by atoms with van der Waals surface area (Å²) in [5, 5.41) is 0. The van der Waals surface area contributed by atoms with Crippen LogP contribution < -0.4 is 0 Å². The standard InChI is InChI=1S/C13H21NO2/c1-13(2)9-7-10(13)12(11(15)8-9)14-3-5-16-6-4-14/h9-10,12H,3-8H2,1-2H3/t9-,10+,12-/m0/s1. The third kappa shape index (κ3) is 1.37. The zero-order chi connectivity index (χ0) is 11.3. The lowest BCUT2D eigenvalue weighted by atomic mass is 9.46. The SMILES string of the molecule is CC1(C)[C@@H]2CC(=O)[C@@H](N3CCOCC3)[C@H]1C2. The van der Waals surface area contributed by atoms with E-state index in [4.69, 9.17) is 4.74 Å². The van der Waals surface area contributed by atoms with Crippen molar-refractivity contribution in [2.24, 2.45) is 17.3 Å². The molecule has 3 atom stereocenters. The number of carbonyl (C=O) groups is 1. The van der Waals surface area contributed by atoms with Crippen LogP contribution in [0.5, 0.6) is 0 Å². The summed E-state index contributed by atoms with van der Waals surface area (Å²) < 4.78 is 5.37. The summed E-state index contributed by atoms with van der Waals surface area (Å²) in [6.45, 7) is 8.14. The van der Waals surface area contributed by atoms with Crippen LogP contribution in [0.25, 0.3) is 0 Å². The quantitative estimate of drug-likeness (QED) is 0.671. The van der Waals surface area contributed by atoms with Gasteiger partial charge in [-0.2, -0.15) is 0 Å². The van der Waals surface area contributed by atoms with Gasteiger partial charge >= 0.3 is 0 Å². The van der Waals surface area contributed by atoms with Gasteiger partial charge in [0.25, 0.3) is 0 Å². The van der Waals surface area contributed by atoms with Gasteiger partial charge in [-0.1, -0.05) is 13.8 Å². The number of hydrogen-bond donors (Lipinski definition) is 0. The predicted molar refractivity (Wildman–Crippen MR) is 61.2 cm³/mol. The second kappa shape index (κ2) is 3.54. The maximum Gasteiger partial charge on any atom is 0.150 e. The fourth-order valence-electron chi connectivity index (χ4n) is 3.84. The number of rotatable bonds is 1. The number of fused-ring (bicyclic) bond motifs is 2. The van der Waals surface area contributed by atoms with Gasteiger partial charge in [0.15, 0.2) is 5.78 Å². The number of hydrogen-bond acceptors (Lipinski definition) is 3. The van der Waals surface area contributed by atoms with E-state index in [1.807, 2.05) is 0 Å². The molecule has 0 radical (unpaired) electrons. The van der Waals surface area contributed by atoms with Crippen LogP contribution >= 0.6 is 0 Å². The molecule has 0 unspecified atom stereocenters. The van der Waals surface area contributed by atoms with E-state index < -0.39 is 0 Å². The lowest BCUT2D eigenvalue weighted by Gasteiger charge is -2.61. The Kier molecular flexibility index (Phi) is 2.37. The summed E-state index contributed by atoms with van der Waals surface area (Å²) in [5.41, 5.74) is 0.386. The molecule has 1 aliphatic heterocycles. The second-order valence-corrected chi connectivity index (χ2v) is 6.12. The molecular weight excluding hydrogens is 202 g/mol. The van der Waals surface area contributed by atoms with Crippen LogP contribution in [0.3, 0.4) is 0 Å². The zero-order valence-corrected chi connectivity index (χ0v) is 10.2. The van der Waals surface area contributed by atoms with Crippen LogP contribution in [-0.2, 0) is 9.53 Å². The number of morpholine rings is 1. The Morgan fingerprint density at radius 3 is 2.62 bits per heavy atom. The van der Waals surface area contributed by atoms with E-state index in [1.54, 1.807) is 0 Å². The van der Waals surface area contributed by atoms with Crippen LogP contribution in [0, 0.1) is 17.3 Å². The van der Waals surface area contributed by atoms with E-state index in [9.17, 15) is 4.79 Å². The molecule has 4 aliphatic rings. The zero-order valence-electron chi connectivity index (χ0n) is 10.2. The lowest BCUT2D eigenvalue weighted by molar-refractivity contribution is -0.163. The van der Waals surface area contributed by atoms with Crippen LogP contribution in [0.15, 0.2) is 0 Å². The van der Waals surface area contributed by atoms with E-state index in [0.29, 0.717) is 23.0 Å². The Morgan fingerprint density at radius 2 is 2.00 bits per heavy atom. The Hall–Kier alpha value is -0.410. The first-order valence-electron chi connectivity index (χ1n) is 6.45. The first-order chi connectivity index (χ1) is 7.60. The first-order valence-corrected chi connectivity index (χ1v) is 6.45. The third-order valence-corrected chi connectivity index (χ3v) is 5.14. The molecule has 0 N–H and O–H groups in total. The summed E-state index contributed by atoms with van der Waals surface area (Å²) in [7, 11) is 0. The van der Waals surface area contributed by atoms with E-state index >= 15 is 0 Å². The maximum absolute atomic E-state index is 12.1. The molecule has 0 amide bonds. The summed E-state index contributed by atoms with van der Waals surface area (Å²) in [5.74, 6) is 1.74. The van der Waals surface area contributed by atoms with Crippen molar-refractivity contribution in [2.45, 2.75) is 32.7 Å². The average Bonchev–Trinajstić information content (AvgIpc) is 2.29. The van der Waals surface area contributed by atoms with Gasteiger partial charge in [0.1, 0.15) is 0 Å². The Balaban J connectivity index is 1.79.